The molecule has 0 atom stereocenters. The van der Waals surface area contributed by atoms with E-state index in [1.807, 2.05) is 0 Å². The zero-order valence-corrected chi connectivity index (χ0v) is 33.3. The van der Waals surface area contributed by atoms with Crippen molar-refractivity contribution in [2.24, 2.45) is 0 Å². The van der Waals surface area contributed by atoms with Crippen molar-refractivity contribution in [1.29, 1.82) is 0 Å². The molecule has 0 N–H and O–H groups in total. The van der Waals surface area contributed by atoms with Gasteiger partial charge in [0, 0.05) is 10.8 Å². The molecule has 0 heteroatoms. The first kappa shape index (κ1) is 33.4. The molecule has 10 aromatic rings. The fourth-order valence-electron chi connectivity index (χ4n) is 11.1. The van der Waals surface area contributed by atoms with E-state index in [0.29, 0.717) is 0 Å². The Labute approximate surface area is 340 Å². The first-order valence-corrected chi connectivity index (χ1v) is 20.7. The van der Waals surface area contributed by atoms with E-state index >= 15 is 0 Å². The highest BCUT2D eigenvalue weighted by Crippen LogP contribution is 2.56. The predicted octanol–water partition coefficient (Wildman–Crippen LogP) is 15.9. The van der Waals surface area contributed by atoms with Crippen LogP contribution in [0.5, 0.6) is 0 Å². The van der Waals surface area contributed by atoms with E-state index in [1.165, 1.54) is 121 Å². The van der Waals surface area contributed by atoms with Gasteiger partial charge in [-0.1, -0.05) is 191 Å². The van der Waals surface area contributed by atoms with E-state index < -0.39 is 0 Å². The second-order valence-electron chi connectivity index (χ2n) is 17.5. The summed E-state index contributed by atoms with van der Waals surface area (Å²) in [5.74, 6) is 0. The van der Waals surface area contributed by atoms with Gasteiger partial charge in [-0.15, -0.1) is 0 Å². The molecule has 58 heavy (non-hydrogen) atoms. The maximum Gasteiger partial charge on any atom is 0.0159 e. The molecule has 12 rings (SSSR count). The van der Waals surface area contributed by atoms with Gasteiger partial charge in [0.2, 0.25) is 0 Å². The number of fused-ring (bicyclic) bond motifs is 12. The summed E-state index contributed by atoms with van der Waals surface area (Å²) in [4.78, 5) is 0. The topological polar surface area (TPSA) is 0 Å². The van der Waals surface area contributed by atoms with Crippen molar-refractivity contribution in [2.45, 2.75) is 38.5 Å². The zero-order valence-electron chi connectivity index (χ0n) is 33.3. The molecule has 0 radical (unpaired) electrons. The Bertz CT molecular complexity index is 3380. The molecular formula is C58H42. The molecule has 2 aliphatic rings. The molecule has 10 aromatic carbocycles. The normalized spacial score (nSPS) is 14.5. The van der Waals surface area contributed by atoms with Crippen LogP contribution in [0.1, 0.15) is 49.9 Å². The summed E-state index contributed by atoms with van der Waals surface area (Å²) in [6, 6.07) is 68.8. The van der Waals surface area contributed by atoms with E-state index in [9.17, 15) is 0 Å². The molecule has 0 unspecified atom stereocenters. The first-order chi connectivity index (χ1) is 28.3. The van der Waals surface area contributed by atoms with Gasteiger partial charge in [0.05, 0.1) is 0 Å². The van der Waals surface area contributed by atoms with E-state index in [4.69, 9.17) is 0 Å². The molecule has 274 valence electrons. The maximum absolute atomic E-state index is 2.55. The minimum Gasteiger partial charge on any atom is -0.0622 e. The molecule has 0 saturated carbocycles. The Morgan fingerprint density at radius 2 is 0.655 bits per heavy atom. The van der Waals surface area contributed by atoms with E-state index in [1.54, 1.807) is 0 Å². The van der Waals surface area contributed by atoms with Crippen molar-refractivity contribution < 1.29 is 0 Å². The van der Waals surface area contributed by atoms with Gasteiger partial charge in [-0.3, -0.25) is 0 Å². The van der Waals surface area contributed by atoms with Gasteiger partial charge in [-0.05, 0) is 139 Å². The highest BCUT2D eigenvalue weighted by molar-refractivity contribution is 6.25. The van der Waals surface area contributed by atoms with Crippen molar-refractivity contribution in [3.63, 3.8) is 0 Å². The lowest BCUT2D eigenvalue weighted by Gasteiger charge is -2.25. The minimum absolute atomic E-state index is 0.114. The van der Waals surface area contributed by atoms with Crippen LogP contribution >= 0.6 is 0 Å². The molecule has 2 aliphatic carbocycles. The van der Waals surface area contributed by atoms with Gasteiger partial charge in [-0.25, -0.2) is 0 Å². The Morgan fingerprint density at radius 3 is 1.22 bits per heavy atom. The lowest BCUT2D eigenvalue weighted by molar-refractivity contribution is 0.661. The Kier molecular flexibility index (Phi) is 6.84. The van der Waals surface area contributed by atoms with Crippen LogP contribution in [0.15, 0.2) is 182 Å². The predicted molar refractivity (Wildman–Crippen MR) is 248 cm³/mol. The highest BCUT2D eigenvalue weighted by atomic mass is 14.4. The summed E-state index contributed by atoms with van der Waals surface area (Å²) in [6.45, 7) is 9.60. The lowest BCUT2D eigenvalue weighted by Crippen LogP contribution is -2.15. The van der Waals surface area contributed by atoms with E-state index in [2.05, 4.69) is 210 Å². The third-order valence-corrected chi connectivity index (χ3v) is 13.8. The molecule has 0 aromatic heterocycles. The molecule has 0 bridgehead atoms. The summed E-state index contributed by atoms with van der Waals surface area (Å²) in [6.07, 6.45) is 0. The number of rotatable bonds is 3. The molecular weight excluding hydrogens is 697 g/mol. The van der Waals surface area contributed by atoms with Gasteiger partial charge in [-0.2, -0.15) is 0 Å². The first-order valence-electron chi connectivity index (χ1n) is 20.7. The molecule has 0 nitrogen and oxygen atoms in total. The lowest BCUT2D eigenvalue weighted by atomic mass is 9.78. The van der Waals surface area contributed by atoms with Gasteiger partial charge < -0.3 is 0 Å². The Hall–Kier alpha value is -6.76. The average Bonchev–Trinajstić information content (AvgIpc) is 3.64. The molecule has 0 spiro atoms. The second-order valence-corrected chi connectivity index (χ2v) is 17.5. The third kappa shape index (κ3) is 4.41. The monoisotopic (exact) mass is 738 g/mol. The van der Waals surface area contributed by atoms with Crippen LogP contribution in [0.25, 0.3) is 98.7 Å². The zero-order chi connectivity index (χ0) is 38.9. The Morgan fingerprint density at radius 1 is 0.241 bits per heavy atom. The smallest absolute Gasteiger partial charge is 0.0159 e. The molecule has 0 fully saturated rings. The summed E-state index contributed by atoms with van der Waals surface area (Å²) < 4.78 is 0. The third-order valence-electron chi connectivity index (χ3n) is 13.8. The Balaban J connectivity index is 1.23. The summed E-state index contributed by atoms with van der Waals surface area (Å²) >= 11 is 0. The van der Waals surface area contributed by atoms with Crippen molar-refractivity contribution in [3.05, 3.63) is 204 Å². The van der Waals surface area contributed by atoms with Crippen LogP contribution in [0.2, 0.25) is 0 Å². The fraction of sp³-hybridized carbons (Fsp3) is 0.103. The highest BCUT2D eigenvalue weighted by Gasteiger charge is 2.38. The van der Waals surface area contributed by atoms with Crippen LogP contribution in [-0.4, -0.2) is 0 Å². The summed E-state index contributed by atoms with van der Waals surface area (Å²) in [5, 5.41) is 10.3. The maximum atomic E-state index is 2.55. The van der Waals surface area contributed by atoms with Crippen LogP contribution in [0.3, 0.4) is 0 Å². The molecule has 0 saturated heterocycles. The quantitative estimate of drug-likeness (QED) is 0.158. The van der Waals surface area contributed by atoms with Crippen molar-refractivity contribution in [1.82, 2.24) is 0 Å². The number of benzene rings is 10. The molecule has 0 amide bonds. The standard InChI is InChI=1S/C58H42/c1-57(2)49-28-16-14-26-44(49)55-39-22-10-8-20-37(39)46(33-51(55)57)36-30-31-43-47(32-36)54(42-25-13-12-24-41(42)53(43)35-18-6-5-7-19-35)48-34-52-56(40-23-11-9-21-38(40)48)45-27-15-17-29-50(45)58(52,3)4/h5-34H,1-4H3. The van der Waals surface area contributed by atoms with Crippen LogP contribution < -0.4 is 0 Å². The second kappa shape index (κ2) is 11.9. The van der Waals surface area contributed by atoms with Gasteiger partial charge in [0.1, 0.15) is 0 Å². The fourth-order valence-corrected chi connectivity index (χ4v) is 11.1. The van der Waals surface area contributed by atoms with Gasteiger partial charge in [0.15, 0.2) is 0 Å². The largest absolute Gasteiger partial charge is 0.0622 e. The van der Waals surface area contributed by atoms with Crippen LogP contribution in [0, 0.1) is 0 Å². The average molecular weight is 739 g/mol. The van der Waals surface area contributed by atoms with Crippen molar-refractivity contribution in [3.8, 4) is 55.6 Å². The van der Waals surface area contributed by atoms with E-state index in [-0.39, 0.29) is 10.8 Å². The van der Waals surface area contributed by atoms with Crippen molar-refractivity contribution in [2.75, 3.05) is 0 Å². The number of hydrogen-bond acceptors (Lipinski definition) is 0. The van der Waals surface area contributed by atoms with Gasteiger partial charge in [0.25, 0.3) is 0 Å². The van der Waals surface area contributed by atoms with Gasteiger partial charge >= 0.3 is 0 Å². The summed E-state index contributed by atoms with van der Waals surface area (Å²) in [5.41, 5.74) is 18.5. The summed E-state index contributed by atoms with van der Waals surface area (Å²) in [7, 11) is 0. The SMILES string of the molecule is CC1(C)c2ccccc2-c2c1cc(-c1ccc3c(-c4ccccc4)c4ccccc4c(-c4cc5c(c6ccccc46)-c4ccccc4C5(C)C)c3c1)c1ccccc21. The van der Waals surface area contributed by atoms with Crippen LogP contribution in [-0.2, 0) is 10.8 Å². The molecule has 0 aliphatic heterocycles. The van der Waals surface area contributed by atoms with Crippen LogP contribution in [0.4, 0.5) is 0 Å². The number of hydrogen-bond donors (Lipinski definition) is 0. The minimum atomic E-state index is -0.140. The van der Waals surface area contributed by atoms with E-state index in [0.717, 1.165) is 0 Å². The molecule has 0 heterocycles. The van der Waals surface area contributed by atoms with Crippen molar-refractivity contribution >= 4 is 43.1 Å².